The number of halogens is 1. The number of rotatable bonds is 5. The molecule has 6 nitrogen and oxygen atoms in total. The van der Waals surface area contributed by atoms with E-state index in [1.54, 1.807) is 48.3 Å². The summed E-state index contributed by atoms with van der Waals surface area (Å²) >= 11 is 6.33. The van der Waals surface area contributed by atoms with Gasteiger partial charge in [-0.3, -0.25) is 9.59 Å². The van der Waals surface area contributed by atoms with Crippen LogP contribution in [0.4, 0.5) is 0 Å². The SMILES string of the molecule is COc1ccc(C(=O)N[C@@H]2C(=O)N/[N+](=C\c3ccccc3Cl)[C@@H]2c2ccc(C)cc2)cc1. The average Bonchev–Trinajstić information content (AvgIpc) is 3.10. The highest BCUT2D eigenvalue weighted by Gasteiger charge is 2.47. The molecular weight excluding hydrogens is 426 g/mol. The summed E-state index contributed by atoms with van der Waals surface area (Å²) in [4.78, 5) is 25.9. The van der Waals surface area contributed by atoms with Gasteiger partial charge in [0.1, 0.15) is 5.75 Å². The minimum atomic E-state index is -0.800. The monoisotopic (exact) mass is 448 g/mol. The van der Waals surface area contributed by atoms with Gasteiger partial charge < -0.3 is 10.1 Å². The predicted octanol–water partition coefficient (Wildman–Crippen LogP) is 3.67. The Morgan fingerprint density at radius 1 is 1.06 bits per heavy atom. The van der Waals surface area contributed by atoms with Crippen molar-refractivity contribution in [1.82, 2.24) is 10.7 Å². The molecule has 0 bridgehead atoms. The minimum absolute atomic E-state index is 0.305. The van der Waals surface area contributed by atoms with Crippen molar-refractivity contribution in [3.63, 3.8) is 0 Å². The number of hydrogen-bond acceptors (Lipinski definition) is 3. The first-order valence-corrected chi connectivity index (χ1v) is 10.5. The van der Waals surface area contributed by atoms with Crippen LogP contribution in [0.2, 0.25) is 5.02 Å². The van der Waals surface area contributed by atoms with Crippen LogP contribution < -0.4 is 15.5 Å². The number of nitrogens with one attached hydrogen (secondary N) is 2. The number of benzene rings is 3. The number of nitrogens with zero attached hydrogens (tertiary/aromatic N) is 1. The van der Waals surface area contributed by atoms with Crippen LogP contribution in [0.1, 0.15) is 33.1 Å². The van der Waals surface area contributed by atoms with Gasteiger partial charge in [0.05, 0.1) is 17.7 Å². The van der Waals surface area contributed by atoms with Gasteiger partial charge in [0.15, 0.2) is 6.04 Å². The van der Waals surface area contributed by atoms with Crippen LogP contribution in [0, 0.1) is 6.92 Å². The van der Waals surface area contributed by atoms with E-state index in [1.807, 2.05) is 49.4 Å². The summed E-state index contributed by atoms with van der Waals surface area (Å²) in [6.45, 7) is 2.00. The number of hydrogen-bond donors (Lipinski definition) is 2. The molecule has 1 heterocycles. The zero-order chi connectivity index (χ0) is 22.7. The molecule has 1 aliphatic heterocycles. The van der Waals surface area contributed by atoms with E-state index in [-0.39, 0.29) is 11.8 Å². The number of amides is 2. The molecular formula is C25H23ClN3O3+. The van der Waals surface area contributed by atoms with E-state index in [4.69, 9.17) is 16.3 Å². The van der Waals surface area contributed by atoms with Gasteiger partial charge in [-0.05, 0) is 43.3 Å². The molecule has 2 N–H and O–H groups in total. The molecule has 1 fully saturated rings. The quantitative estimate of drug-likeness (QED) is 0.585. The maximum absolute atomic E-state index is 12.9. The third kappa shape index (κ3) is 4.50. The van der Waals surface area contributed by atoms with Crippen LogP contribution in [-0.4, -0.2) is 35.9 Å². The zero-order valence-corrected chi connectivity index (χ0v) is 18.5. The van der Waals surface area contributed by atoms with E-state index in [0.717, 1.165) is 16.7 Å². The third-order valence-electron chi connectivity index (χ3n) is 5.38. The van der Waals surface area contributed by atoms with Gasteiger partial charge >= 0.3 is 5.91 Å². The maximum atomic E-state index is 12.9. The Hall–Kier alpha value is -3.64. The summed E-state index contributed by atoms with van der Waals surface area (Å²) in [6, 6.07) is 20.7. The summed E-state index contributed by atoms with van der Waals surface area (Å²) in [5.41, 5.74) is 6.05. The van der Waals surface area contributed by atoms with E-state index in [9.17, 15) is 9.59 Å². The van der Waals surface area contributed by atoms with Gasteiger partial charge in [-0.1, -0.05) is 53.6 Å². The first-order valence-electron chi connectivity index (χ1n) is 10.2. The first kappa shape index (κ1) is 21.6. The van der Waals surface area contributed by atoms with Crippen LogP contribution in [0.3, 0.4) is 0 Å². The van der Waals surface area contributed by atoms with Crippen molar-refractivity contribution in [2.45, 2.75) is 19.0 Å². The summed E-state index contributed by atoms with van der Waals surface area (Å²) in [5.74, 6) is 0.00320. The Morgan fingerprint density at radius 2 is 1.75 bits per heavy atom. The normalized spacial score (nSPS) is 19.0. The second kappa shape index (κ2) is 9.24. The molecule has 0 unspecified atom stereocenters. The summed E-state index contributed by atoms with van der Waals surface area (Å²) in [7, 11) is 1.56. The molecule has 32 heavy (non-hydrogen) atoms. The van der Waals surface area contributed by atoms with Gasteiger partial charge in [-0.15, -0.1) is 10.1 Å². The number of aryl methyl sites for hydroxylation is 1. The average molecular weight is 449 g/mol. The maximum Gasteiger partial charge on any atom is 0.304 e. The standard InChI is InChI=1S/C25H22ClN3O3/c1-16-7-9-17(10-8-16)23-22(27-24(30)18-11-13-20(32-2)14-12-18)25(31)28-29(23)15-19-5-3-4-6-21(19)26/h3-15,22-23H,1-2H3,(H-,27,28,30,31)/p+1/b29-15-/t22-,23+/m0/s1. The molecule has 3 aromatic carbocycles. The fraction of sp³-hybridized carbons (Fsp3) is 0.160. The predicted molar refractivity (Wildman–Crippen MR) is 123 cm³/mol. The number of hydrazine groups is 1. The molecule has 7 heteroatoms. The van der Waals surface area contributed by atoms with Crippen molar-refractivity contribution in [3.05, 3.63) is 100 Å². The van der Waals surface area contributed by atoms with Crippen LogP contribution >= 0.6 is 11.6 Å². The largest absolute Gasteiger partial charge is 0.497 e. The van der Waals surface area contributed by atoms with E-state index in [0.29, 0.717) is 16.3 Å². The van der Waals surface area contributed by atoms with Crippen LogP contribution in [0.5, 0.6) is 5.75 Å². The third-order valence-corrected chi connectivity index (χ3v) is 5.72. The Morgan fingerprint density at radius 3 is 2.41 bits per heavy atom. The van der Waals surface area contributed by atoms with Gasteiger partial charge in [-0.2, -0.15) is 0 Å². The lowest BCUT2D eigenvalue weighted by Gasteiger charge is -2.15. The molecule has 0 spiro atoms. The zero-order valence-electron chi connectivity index (χ0n) is 17.7. The lowest BCUT2D eigenvalue weighted by molar-refractivity contribution is -0.596. The number of methoxy groups -OCH3 is 1. The van der Waals surface area contributed by atoms with E-state index < -0.39 is 12.1 Å². The molecule has 0 radical (unpaired) electrons. The second-order valence-corrected chi connectivity index (χ2v) is 7.98. The highest BCUT2D eigenvalue weighted by molar-refractivity contribution is 6.32. The summed E-state index contributed by atoms with van der Waals surface area (Å²) < 4.78 is 6.85. The van der Waals surface area contributed by atoms with Gasteiger partial charge in [0.2, 0.25) is 12.3 Å². The Bertz CT molecular complexity index is 1170. The molecule has 1 saturated heterocycles. The molecule has 2 atom stereocenters. The van der Waals surface area contributed by atoms with E-state index in [2.05, 4.69) is 10.7 Å². The van der Waals surface area contributed by atoms with Crippen molar-refractivity contribution in [3.8, 4) is 5.75 Å². The molecule has 1 aliphatic rings. The van der Waals surface area contributed by atoms with E-state index in [1.165, 1.54) is 0 Å². The molecule has 3 aromatic rings. The first-order chi connectivity index (χ1) is 15.5. The molecule has 0 aromatic heterocycles. The smallest absolute Gasteiger partial charge is 0.304 e. The molecule has 4 rings (SSSR count). The fourth-order valence-corrected chi connectivity index (χ4v) is 3.83. The number of ether oxygens (including phenoxy) is 1. The topological polar surface area (TPSA) is 70.4 Å². The number of carbonyl (C=O) groups excluding carboxylic acids is 2. The van der Waals surface area contributed by atoms with Crippen molar-refractivity contribution in [1.29, 1.82) is 0 Å². The Kier molecular flexibility index (Phi) is 6.23. The van der Waals surface area contributed by atoms with Crippen molar-refractivity contribution in [2.75, 3.05) is 7.11 Å². The number of hydrazone groups is 1. The Balaban J connectivity index is 1.69. The van der Waals surface area contributed by atoms with Crippen LogP contribution in [-0.2, 0) is 4.79 Å². The summed E-state index contributed by atoms with van der Waals surface area (Å²) in [6.07, 6.45) is 1.78. The van der Waals surface area contributed by atoms with Crippen molar-refractivity contribution >= 4 is 29.6 Å². The van der Waals surface area contributed by atoms with Gasteiger partial charge in [-0.25, -0.2) is 0 Å². The van der Waals surface area contributed by atoms with Crippen molar-refractivity contribution < 1.29 is 19.0 Å². The van der Waals surface area contributed by atoms with Crippen molar-refractivity contribution in [2.24, 2.45) is 0 Å². The van der Waals surface area contributed by atoms with Gasteiger partial charge in [0.25, 0.3) is 5.91 Å². The lowest BCUT2D eigenvalue weighted by Crippen LogP contribution is -2.42. The Labute approximate surface area is 191 Å². The molecule has 0 aliphatic carbocycles. The minimum Gasteiger partial charge on any atom is -0.497 e. The lowest BCUT2D eigenvalue weighted by atomic mass is 9.98. The highest BCUT2D eigenvalue weighted by Crippen LogP contribution is 2.26. The summed E-state index contributed by atoms with van der Waals surface area (Å²) in [5, 5.41) is 3.45. The molecule has 2 amide bonds. The van der Waals surface area contributed by atoms with Crippen LogP contribution in [0.25, 0.3) is 0 Å². The van der Waals surface area contributed by atoms with E-state index >= 15 is 0 Å². The van der Waals surface area contributed by atoms with Gasteiger partial charge in [0, 0.05) is 11.1 Å². The molecule has 162 valence electrons. The highest BCUT2D eigenvalue weighted by atomic mass is 35.5. The number of carbonyl (C=O) groups is 2. The molecule has 0 saturated carbocycles. The fourth-order valence-electron chi connectivity index (χ4n) is 3.64. The van der Waals surface area contributed by atoms with Crippen LogP contribution in [0.15, 0.2) is 72.8 Å². The second-order valence-electron chi connectivity index (χ2n) is 7.57.